The Bertz CT molecular complexity index is 574. The molecule has 1 heterocycles. The number of hydrogen-bond donors (Lipinski definition) is 0. The van der Waals surface area contributed by atoms with Gasteiger partial charge < -0.3 is 9.64 Å². The van der Waals surface area contributed by atoms with Gasteiger partial charge in [-0.25, -0.2) is 9.18 Å². The first-order valence-corrected chi connectivity index (χ1v) is 7.76. The zero-order chi connectivity index (χ0) is 15.7. The summed E-state index contributed by atoms with van der Waals surface area (Å²) in [7, 11) is 0. The lowest BCUT2D eigenvalue weighted by Gasteiger charge is -2.44. The third-order valence-electron chi connectivity index (χ3n) is 4.89. The number of halogens is 1. The van der Waals surface area contributed by atoms with Gasteiger partial charge in [-0.2, -0.15) is 0 Å². The van der Waals surface area contributed by atoms with E-state index in [-0.39, 0.29) is 23.7 Å². The second-order valence-electron chi connectivity index (χ2n) is 6.26. The van der Waals surface area contributed by atoms with Gasteiger partial charge in [0.05, 0.1) is 6.04 Å². The standard InChI is InChI=1S/C17H20FNO3/c1-12(13-2-4-14(18)5-3-13)19-11-10-17(22-16(19)21)8-6-15(20)7-9-17/h2-5,12H,6-11H2,1H3. The van der Waals surface area contributed by atoms with E-state index in [1.165, 1.54) is 12.1 Å². The Balaban J connectivity index is 1.69. The fourth-order valence-electron chi connectivity index (χ4n) is 3.32. The highest BCUT2D eigenvalue weighted by atomic mass is 19.1. The van der Waals surface area contributed by atoms with Gasteiger partial charge in [0.2, 0.25) is 0 Å². The van der Waals surface area contributed by atoms with Crippen molar-refractivity contribution in [3.8, 4) is 0 Å². The summed E-state index contributed by atoms with van der Waals surface area (Å²) >= 11 is 0. The minimum absolute atomic E-state index is 0.157. The van der Waals surface area contributed by atoms with E-state index in [0.717, 1.165) is 12.0 Å². The maximum Gasteiger partial charge on any atom is 0.410 e. The fraction of sp³-hybridized carbons (Fsp3) is 0.529. The second kappa shape index (κ2) is 5.71. The van der Waals surface area contributed by atoms with Gasteiger partial charge in [-0.05, 0) is 37.5 Å². The van der Waals surface area contributed by atoms with Crippen molar-refractivity contribution in [2.24, 2.45) is 0 Å². The predicted molar refractivity (Wildman–Crippen MR) is 78.8 cm³/mol. The highest BCUT2D eigenvalue weighted by Crippen LogP contribution is 2.38. The van der Waals surface area contributed by atoms with Crippen molar-refractivity contribution >= 4 is 11.9 Å². The molecule has 0 N–H and O–H groups in total. The Morgan fingerprint density at radius 2 is 1.77 bits per heavy atom. The van der Waals surface area contributed by atoms with E-state index in [1.54, 1.807) is 17.0 Å². The predicted octanol–water partition coefficient (Wildman–Crippen LogP) is 3.61. The van der Waals surface area contributed by atoms with Crippen LogP contribution in [0.25, 0.3) is 0 Å². The van der Waals surface area contributed by atoms with Crippen molar-refractivity contribution < 1.29 is 18.7 Å². The Morgan fingerprint density at radius 1 is 1.14 bits per heavy atom. The summed E-state index contributed by atoms with van der Waals surface area (Å²) < 4.78 is 18.7. The number of ether oxygens (including phenoxy) is 1. The van der Waals surface area contributed by atoms with Crippen LogP contribution in [0.2, 0.25) is 0 Å². The van der Waals surface area contributed by atoms with E-state index in [1.807, 2.05) is 6.92 Å². The Labute approximate surface area is 129 Å². The molecule has 0 aromatic heterocycles. The molecule has 3 rings (SSSR count). The van der Waals surface area contributed by atoms with Crippen LogP contribution >= 0.6 is 0 Å². The van der Waals surface area contributed by atoms with Crippen LogP contribution in [0.3, 0.4) is 0 Å². The molecule has 1 aliphatic carbocycles. The van der Waals surface area contributed by atoms with E-state index in [9.17, 15) is 14.0 Å². The number of nitrogens with zero attached hydrogens (tertiary/aromatic N) is 1. The molecule has 2 aliphatic rings. The average molecular weight is 305 g/mol. The topological polar surface area (TPSA) is 46.6 Å². The normalized spacial score (nSPS) is 22.5. The van der Waals surface area contributed by atoms with Gasteiger partial charge in [-0.3, -0.25) is 4.79 Å². The number of ketones is 1. The minimum Gasteiger partial charge on any atom is -0.443 e. The molecule has 1 saturated carbocycles. The summed E-state index contributed by atoms with van der Waals surface area (Å²) in [5, 5.41) is 0. The zero-order valence-corrected chi connectivity index (χ0v) is 12.7. The fourth-order valence-corrected chi connectivity index (χ4v) is 3.32. The van der Waals surface area contributed by atoms with Gasteiger partial charge in [0.15, 0.2) is 0 Å². The molecular formula is C17H20FNO3. The highest BCUT2D eigenvalue weighted by molar-refractivity contribution is 5.80. The Morgan fingerprint density at radius 3 is 2.36 bits per heavy atom. The van der Waals surface area contributed by atoms with E-state index in [2.05, 4.69) is 0 Å². The number of hydrogen-bond acceptors (Lipinski definition) is 3. The van der Waals surface area contributed by atoms with Gasteiger partial charge in [0, 0.05) is 25.8 Å². The molecule has 2 fully saturated rings. The number of rotatable bonds is 2. The molecule has 1 aliphatic heterocycles. The van der Waals surface area contributed by atoms with Gasteiger partial charge >= 0.3 is 6.09 Å². The lowest BCUT2D eigenvalue weighted by atomic mass is 9.80. The second-order valence-corrected chi connectivity index (χ2v) is 6.26. The van der Waals surface area contributed by atoms with Crippen molar-refractivity contribution in [1.82, 2.24) is 4.90 Å². The number of carbonyl (C=O) groups is 2. The molecular weight excluding hydrogens is 285 g/mol. The number of amides is 1. The van der Waals surface area contributed by atoms with E-state index < -0.39 is 5.60 Å². The van der Waals surface area contributed by atoms with Crippen LogP contribution in [0.15, 0.2) is 24.3 Å². The molecule has 1 amide bonds. The van der Waals surface area contributed by atoms with E-state index in [0.29, 0.717) is 32.2 Å². The summed E-state index contributed by atoms with van der Waals surface area (Å²) in [5.74, 6) is -0.0354. The summed E-state index contributed by atoms with van der Waals surface area (Å²) in [6.07, 6.45) is 2.68. The van der Waals surface area contributed by atoms with Gasteiger partial charge in [-0.1, -0.05) is 12.1 Å². The SMILES string of the molecule is CC(c1ccc(F)cc1)N1CCC2(CCC(=O)CC2)OC1=O. The summed E-state index contributed by atoms with van der Waals surface area (Å²) in [6, 6.07) is 6.02. The molecule has 1 aromatic carbocycles. The Kier molecular flexibility index (Phi) is 3.89. The quantitative estimate of drug-likeness (QED) is 0.838. The molecule has 22 heavy (non-hydrogen) atoms. The lowest BCUT2D eigenvalue weighted by molar-refractivity contribution is -0.129. The van der Waals surface area contributed by atoms with Gasteiger partial charge in [0.25, 0.3) is 0 Å². The molecule has 1 aromatic rings. The third kappa shape index (κ3) is 2.85. The maximum atomic E-state index is 13.0. The molecule has 118 valence electrons. The van der Waals surface area contributed by atoms with Crippen LogP contribution in [0.1, 0.15) is 50.6 Å². The first kappa shape index (κ1) is 15.0. The molecule has 0 bridgehead atoms. The van der Waals surface area contributed by atoms with Crippen LogP contribution in [-0.2, 0) is 9.53 Å². The molecule has 1 atom stereocenters. The lowest BCUT2D eigenvalue weighted by Crippen LogP contribution is -2.51. The summed E-state index contributed by atoms with van der Waals surface area (Å²) in [5.41, 5.74) is 0.428. The smallest absolute Gasteiger partial charge is 0.410 e. The molecule has 1 unspecified atom stereocenters. The van der Waals surface area contributed by atoms with Crippen LogP contribution in [0.4, 0.5) is 9.18 Å². The first-order chi connectivity index (χ1) is 10.5. The molecule has 4 nitrogen and oxygen atoms in total. The largest absolute Gasteiger partial charge is 0.443 e. The van der Waals surface area contributed by atoms with Crippen molar-refractivity contribution in [3.63, 3.8) is 0 Å². The summed E-state index contributed by atoms with van der Waals surface area (Å²) in [6.45, 7) is 2.52. The van der Waals surface area contributed by atoms with Crippen molar-refractivity contribution in [1.29, 1.82) is 0 Å². The Hall–Kier alpha value is -1.91. The number of benzene rings is 1. The molecule has 0 radical (unpaired) electrons. The molecule has 1 spiro atoms. The van der Waals surface area contributed by atoms with Gasteiger partial charge in [0.1, 0.15) is 17.2 Å². The van der Waals surface area contributed by atoms with Crippen LogP contribution in [0, 0.1) is 5.82 Å². The van der Waals surface area contributed by atoms with Crippen molar-refractivity contribution in [3.05, 3.63) is 35.6 Å². The molecule has 5 heteroatoms. The van der Waals surface area contributed by atoms with E-state index in [4.69, 9.17) is 4.74 Å². The van der Waals surface area contributed by atoms with Gasteiger partial charge in [-0.15, -0.1) is 0 Å². The third-order valence-corrected chi connectivity index (χ3v) is 4.89. The van der Waals surface area contributed by atoms with Crippen LogP contribution in [0.5, 0.6) is 0 Å². The van der Waals surface area contributed by atoms with Crippen LogP contribution in [-0.4, -0.2) is 28.9 Å². The summed E-state index contributed by atoms with van der Waals surface area (Å²) in [4.78, 5) is 25.4. The van der Waals surface area contributed by atoms with Crippen molar-refractivity contribution in [2.75, 3.05) is 6.54 Å². The highest BCUT2D eigenvalue weighted by Gasteiger charge is 2.44. The number of carbonyl (C=O) groups excluding carboxylic acids is 2. The average Bonchev–Trinajstić information content (AvgIpc) is 2.51. The maximum absolute atomic E-state index is 13.0. The minimum atomic E-state index is -0.454. The molecule has 1 saturated heterocycles. The first-order valence-electron chi connectivity index (χ1n) is 7.76. The zero-order valence-electron chi connectivity index (χ0n) is 12.7. The van der Waals surface area contributed by atoms with Crippen LogP contribution < -0.4 is 0 Å². The monoisotopic (exact) mass is 305 g/mol. The van der Waals surface area contributed by atoms with E-state index >= 15 is 0 Å². The number of Topliss-reactive ketones (excluding diaryl/α,β-unsaturated/α-hetero) is 1. The van der Waals surface area contributed by atoms with Crippen molar-refractivity contribution in [2.45, 2.75) is 50.7 Å².